The van der Waals surface area contributed by atoms with Crippen LogP contribution >= 0.6 is 11.3 Å². The highest BCUT2D eigenvalue weighted by atomic mass is 32.1. The fraction of sp³-hybridized carbons (Fsp3) is 0.474. The third-order valence-electron chi connectivity index (χ3n) is 4.38. The lowest BCUT2D eigenvalue weighted by molar-refractivity contribution is 0.0956. The number of aromatic nitrogens is 1. The monoisotopic (exact) mass is 343 g/mol. The van der Waals surface area contributed by atoms with Crippen LogP contribution in [0.15, 0.2) is 30.3 Å². The van der Waals surface area contributed by atoms with Gasteiger partial charge in [0.15, 0.2) is 0 Å². The number of rotatable bonds is 7. The van der Waals surface area contributed by atoms with Crippen molar-refractivity contribution in [2.24, 2.45) is 0 Å². The molecule has 1 aliphatic heterocycles. The van der Waals surface area contributed by atoms with Gasteiger partial charge in [0.05, 0.1) is 12.2 Å². The van der Waals surface area contributed by atoms with Gasteiger partial charge < -0.3 is 5.32 Å². The standard InChI is InChI=1S/C19H25N3OS/c1-15-18(24-17(21-15)14-22-12-5-6-13-22)19(23)20-11-7-10-16-8-3-2-4-9-16/h2-4,8-9H,5-7,10-14H2,1H3,(H,20,23). The Balaban J connectivity index is 1.46. The molecule has 1 fully saturated rings. The van der Waals surface area contributed by atoms with Gasteiger partial charge >= 0.3 is 0 Å². The van der Waals surface area contributed by atoms with Crippen molar-refractivity contribution in [3.63, 3.8) is 0 Å². The molecular formula is C19H25N3OS. The minimum atomic E-state index is 0.0192. The zero-order chi connectivity index (χ0) is 16.8. The van der Waals surface area contributed by atoms with Gasteiger partial charge in [-0.3, -0.25) is 9.69 Å². The van der Waals surface area contributed by atoms with Crippen LogP contribution in [0.3, 0.4) is 0 Å². The van der Waals surface area contributed by atoms with Crippen LogP contribution in [0.2, 0.25) is 0 Å². The lowest BCUT2D eigenvalue weighted by Gasteiger charge is -2.11. The van der Waals surface area contributed by atoms with E-state index in [0.717, 1.165) is 48.1 Å². The fourth-order valence-corrected chi connectivity index (χ4v) is 4.11. The molecule has 128 valence electrons. The minimum Gasteiger partial charge on any atom is -0.351 e. The second kappa shape index (κ2) is 8.40. The molecule has 0 saturated carbocycles. The van der Waals surface area contributed by atoms with Crippen molar-refractivity contribution in [1.29, 1.82) is 0 Å². The molecule has 24 heavy (non-hydrogen) atoms. The van der Waals surface area contributed by atoms with Gasteiger partial charge in [0.1, 0.15) is 9.88 Å². The van der Waals surface area contributed by atoms with E-state index in [1.807, 2.05) is 13.0 Å². The van der Waals surface area contributed by atoms with Crippen LogP contribution in [0.4, 0.5) is 0 Å². The number of nitrogens with one attached hydrogen (secondary N) is 1. The van der Waals surface area contributed by atoms with Crippen molar-refractivity contribution in [2.75, 3.05) is 19.6 Å². The molecule has 0 radical (unpaired) electrons. The summed E-state index contributed by atoms with van der Waals surface area (Å²) in [5.74, 6) is 0.0192. The summed E-state index contributed by atoms with van der Waals surface area (Å²) < 4.78 is 0. The van der Waals surface area contributed by atoms with Gasteiger partial charge in [-0.05, 0) is 51.3 Å². The minimum absolute atomic E-state index is 0.0192. The van der Waals surface area contributed by atoms with E-state index in [1.54, 1.807) is 11.3 Å². The van der Waals surface area contributed by atoms with Crippen molar-refractivity contribution in [3.05, 3.63) is 51.5 Å². The summed E-state index contributed by atoms with van der Waals surface area (Å²) in [6.45, 7) is 5.82. The highest BCUT2D eigenvalue weighted by Gasteiger charge is 2.18. The van der Waals surface area contributed by atoms with E-state index in [2.05, 4.69) is 39.5 Å². The molecule has 1 aliphatic rings. The highest BCUT2D eigenvalue weighted by Crippen LogP contribution is 2.21. The van der Waals surface area contributed by atoms with Crippen molar-refractivity contribution < 1.29 is 4.79 Å². The molecule has 0 aliphatic carbocycles. The average Bonchev–Trinajstić information content (AvgIpc) is 3.22. The Kier molecular flexibility index (Phi) is 5.99. The largest absolute Gasteiger partial charge is 0.351 e. The summed E-state index contributed by atoms with van der Waals surface area (Å²) >= 11 is 1.54. The highest BCUT2D eigenvalue weighted by molar-refractivity contribution is 7.13. The van der Waals surface area contributed by atoms with E-state index in [-0.39, 0.29) is 5.91 Å². The number of amides is 1. The molecule has 0 unspecified atom stereocenters. The van der Waals surface area contributed by atoms with E-state index < -0.39 is 0 Å². The summed E-state index contributed by atoms with van der Waals surface area (Å²) in [5, 5.41) is 4.09. The van der Waals surface area contributed by atoms with Crippen molar-refractivity contribution >= 4 is 17.2 Å². The first-order chi connectivity index (χ1) is 11.7. The molecule has 1 aromatic carbocycles. The molecule has 1 amide bonds. The number of carbonyl (C=O) groups excluding carboxylic acids is 1. The molecule has 0 spiro atoms. The maximum atomic E-state index is 12.4. The van der Waals surface area contributed by atoms with Crippen molar-refractivity contribution in [3.8, 4) is 0 Å². The van der Waals surface area contributed by atoms with Crippen LogP contribution in [0, 0.1) is 6.92 Å². The number of nitrogens with zero attached hydrogens (tertiary/aromatic N) is 2. The molecule has 1 aromatic heterocycles. The predicted molar refractivity (Wildman–Crippen MR) is 98.5 cm³/mol. The summed E-state index contributed by atoms with van der Waals surface area (Å²) in [6.07, 6.45) is 4.50. The first kappa shape index (κ1) is 17.1. The van der Waals surface area contributed by atoms with Gasteiger partial charge in [0.2, 0.25) is 0 Å². The topological polar surface area (TPSA) is 45.2 Å². The van der Waals surface area contributed by atoms with Crippen LogP contribution in [-0.4, -0.2) is 35.4 Å². The number of hydrogen-bond acceptors (Lipinski definition) is 4. The Morgan fingerprint density at radius 2 is 2.00 bits per heavy atom. The normalized spacial score (nSPS) is 14.9. The number of thiazole rings is 1. The molecule has 0 atom stereocenters. The van der Waals surface area contributed by atoms with Gasteiger partial charge in [-0.25, -0.2) is 4.98 Å². The predicted octanol–water partition coefficient (Wildman–Crippen LogP) is 3.41. The molecule has 0 bridgehead atoms. The van der Waals surface area contributed by atoms with Gasteiger partial charge in [-0.15, -0.1) is 11.3 Å². The quantitative estimate of drug-likeness (QED) is 0.784. The number of aryl methyl sites for hydroxylation is 2. The van der Waals surface area contributed by atoms with Gasteiger partial charge in [-0.2, -0.15) is 0 Å². The SMILES string of the molecule is Cc1nc(CN2CCCC2)sc1C(=O)NCCCc1ccccc1. The lowest BCUT2D eigenvalue weighted by Crippen LogP contribution is -2.24. The van der Waals surface area contributed by atoms with Crippen molar-refractivity contribution in [2.45, 2.75) is 39.2 Å². The Hall–Kier alpha value is -1.72. The third-order valence-corrected chi connectivity index (χ3v) is 5.52. The Morgan fingerprint density at radius 3 is 2.75 bits per heavy atom. The zero-order valence-corrected chi connectivity index (χ0v) is 15.1. The molecule has 3 rings (SSSR count). The molecule has 2 aromatic rings. The first-order valence-corrected chi connectivity index (χ1v) is 9.55. The molecule has 1 N–H and O–H groups in total. The zero-order valence-electron chi connectivity index (χ0n) is 14.3. The Labute approximate surface area is 147 Å². The fourth-order valence-electron chi connectivity index (χ4n) is 3.08. The molecule has 4 nitrogen and oxygen atoms in total. The van der Waals surface area contributed by atoms with E-state index in [9.17, 15) is 4.79 Å². The van der Waals surface area contributed by atoms with Crippen LogP contribution in [0.5, 0.6) is 0 Å². The van der Waals surface area contributed by atoms with Crippen LogP contribution in [-0.2, 0) is 13.0 Å². The molecular weight excluding hydrogens is 318 g/mol. The number of carbonyl (C=O) groups is 1. The first-order valence-electron chi connectivity index (χ1n) is 8.73. The maximum Gasteiger partial charge on any atom is 0.263 e. The smallest absolute Gasteiger partial charge is 0.263 e. The summed E-state index contributed by atoms with van der Waals surface area (Å²) in [5.41, 5.74) is 2.17. The van der Waals surface area contributed by atoms with E-state index in [0.29, 0.717) is 6.54 Å². The molecule has 1 saturated heterocycles. The van der Waals surface area contributed by atoms with Gasteiger partial charge in [-0.1, -0.05) is 30.3 Å². The van der Waals surface area contributed by atoms with Crippen LogP contribution < -0.4 is 5.32 Å². The lowest BCUT2D eigenvalue weighted by atomic mass is 10.1. The van der Waals surface area contributed by atoms with Gasteiger partial charge in [0.25, 0.3) is 5.91 Å². The summed E-state index contributed by atoms with van der Waals surface area (Å²) in [7, 11) is 0. The van der Waals surface area contributed by atoms with E-state index in [1.165, 1.54) is 18.4 Å². The Morgan fingerprint density at radius 1 is 1.25 bits per heavy atom. The molecule has 5 heteroatoms. The Bertz CT molecular complexity index is 663. The second-order valence-electron chi connectivity index (χ2n) is 6.35. The van der Waals surface area contributed by atoms with E-state index >= 15 is 0 Å². The third kappa shape index (κ3) is 4.65. The average molecular weight is 343 g/mol. The van der Waals surface area contributed by atoms with Crippen LogP contribution in [0.25, 0.3) is 0 Å². The second-order valence-corrected chi connectivity index (χ2v) is 7.43. The number of likely N-dealkylation sites (tertiary alicyclic amines) is 1. The number of hydrogen-bond donors (Lipinski definition) is 1. The van der Waals surface area contributed by atoms with Crippen molar-refractivity contribution in [1.82, 2.24) is 15.2 Å². The van der Waals surface area contributed by atoms with Gasteiger partial charge in [0, 0.05) is 6.54 Å². The molecule has 2 heterocycles. The van der Waals surface area contributed by atoms with E-state index in [4.69, 9.17) is 0 Å². The summed E-state index contributed by atoms with van der Waals surface area (Å²) in [4.78, 5) is 20.1. The maximum absolute atomic E-state index is 12.4. The number of benzene rings is 1. The van der Waals surface area contributed by atoms with Crippen LogP contribution in [0.1, 0.15) is 45.2 Å². The summed E-state index contributed by atoms with van der Waals surface area (Å²) in [6, 6.07) is 10.4.